The molecule has 0 amide bonds. The predicted octanol–water partition coefficient (Wildman–Crippen LogP) is 4.43. The summed E-state index contributed by atoms with van der Waals surface area (Å²) in [6, 6.07) is 18.1. The van der Waals surface area contributed by atoms with E-state index in [1.807, 2.05) is 48.5 Å². The number of pyridine rings is 1. The van der Waals surface area contributed by atoms with Crippen LogP contribution in [0.5, 0.6) is 5.88 Å². The van der Waals surface area contributed by atoms with Gasteiger partial charge in [-0.05, 0) is 30.3 Å². The van der Waals surface area contributed by atoms with E-state index in [0.29, 0.717) is 41.2 Å². The Hall–Kier alpha value is -3.31. The van der Waals surface area contributed by atoms with Crippen molar-refractivity contribution in [2.45, 2.75) is 18.6 Å². The van der Waals surface area contributed by atoms with Crippen molar-refractivity contribution < 1.29 is 23.2 Å². The summed E-state index contributed by atoms with van der Waals surface area (Å²) in [7, 11) is -0.846. The van der Waals surface area contributed by atoms with Crippen LogP contribution in [-0.4, -0.2) is 58.0 Å². The van der Waals surface area contributed by atoms with Gasteiger partial charge in [0.25, 0.3) is 0 Å². The smallest absolute Gasteiger partial charge is 0.193 e. The normalized spacial score (nSPS) is 19.3. The third-order valence-corrected chi connectivity index (χ3v) is 7.41. The number of nitrogens with zero attached hydrogens (tertiary/aromatic N) is 2. The van der Waals surface area contributed by atoms with Crippen molar-refractivity contribution in [2.24, 2.45) is 4.36 Å². The van der Waals surface area contributed by atoms with Crippen LogP contribution < -0.4 is 9.46 Å². The first-order valence-electron chi connectivity index (χ1n) is 11.5. The first-order chi connectivity index (χ1) is 17.3. The molecular formula is C26H27FN4O4S. The lowest BCUT2D eigenvalue weighted by molar-refractivity contribution is 0.0531. The molecule has 0 radical (unpaired) electrons. The van der Waals surface area contributed by atoms with Crippen molar-refractivity contribution in [3.63, 3.8) is 0 Å². The van der Waals surface area contributed by atoms with E-state index >= 15 is 0 Å². The topological polar surface area (TPSA) is 109 Å². The molecule has 188 valence electrons. The predicted molar refractivity (Wildman–Crippen MR) is 138 cm³/mol. The Morgan fingerprint density at radius 1 is 1.17 bits per heavy atom. The highest BCUT2D eigenvalue weighted by Crippen LogP contribution is 2.30. The van der Waals surface area contributed by atoms with E-state index in [1.165, 1.54) is 6.07 Å². The number of H-pyrrole nitrogens is 1. The van der Waals surface area contributed by atoms with Gasteiger partial charge in [0.1, 0.15) is 21.7 Å². The second kappa shape index (κ2) is 9.98. The number of nitrogens with one attached hydrogen (secondary N) is 2. The molecule has 1 saturated heterocycles. The van der Waals surface area contributed by atoms with Gasteiger partial charge in [0.15, 0.2) is 11.7 Å². The Kier molecular flexibility index (Phi) is 6.76. The van der Waals surface area contributed by atoms with E-state index in [1.54, 1.807) is 19.4 Å². The van der Waals surface area contributed by atoms with Gasteiger partial charge in [0, 0.05) is 30.4 Å². The summed E-state index contributed by atoms with van der Waals surface area (Å²) < 4.78 is 45.3. The second-order valence-electron chi connectivity index (χ2n) is 8.72. The third kappa shape index (κ3) is 5.26. The van der Waals surface area contributed by atoms with Gasteiger partial charge in [-0.15, -0.1) is 0 Å². The van der Waals surface area contributed by atoms with Gasteiger partial charge in [-0.25, -0.2) is 18.3 Å². The number of fused-ring (bicyclic) bond motifs is 1. The van der Waals surface area contributed by atoms with Gasteiger partial charge >= 0.3 is 0 Å². The molecule has 0 saturated carbocycles. The Balaban J connectivity index is 1.35. The number of aromatic nitrogens is 2. The summed E-state index contributed by atoms with van der Waals surface area (Å²) in [4.78, 5) is 7.58. The molecule has 2 aromatic carbocycles. The van der Waals surface area contributed by atoms with Gasteiger partial charge in [0.2, 0.25) is 0 Å². The Morgan fingerprint density at radius 2 is 1.83 bits per heavy atom. The van der Waals surface area contributed by atoms with Crippen molar-refractivity contribution in [3.8, 4) is 28.3 Å². The van der Waals surface area contributed by atoms with Crippen LogP contribution in [-0.2, 0) is 14.7 Å². The highest BCUT2D eigenvalue weighted by molar-refractivity contribution is 7.91. The van der Waals surface area contributed by atoms with Gasteiger partial charge in [0.05, 0.1) is 36.0 Å². The maximum atomic E-state index is 14.9. The minimum atomic E-state index is -2.46. The number of aromatic amines is 1. The number of hydrogen-bond donors (Lipinski definition) is 3. The summed E-state index contributed by atoms with van der Waals surface area (Å²) >= 11 is 0. The standard InChI is InChI=1S/C26H27FN4O4S/c1-28-36(2,33)31-19-9-7-17(8-10-19)16-3-5-18(6-4-16)26-22(27)12-23-24(30-26)13-25(29-23)35-21-11-20(14-32)34-15-21/h3-10,12-13,20-21,29,32H,11,14-15H2,1-2H3,(H,28,31,33)/t20-,21-,36?/m0/s1. The molecule has 3 atom stereocenters. The van der Waals surface area contributed by atoms with E-state index in [2.05, 4.69) is 19.1 Å². The molecule has 0 aliphatic carbocycles. The molecule has 10 heteroatoms. The second-order valence-corrected chi connectivity index (χ2v) is 10.9. The summed E-state index contributed by atoms with van der Waals surface area (Å²) in [5, 5.41) is 9.22. The highest BCUT2D eigenvalue weighted by Gasteiger charge is 2.27. The monoisotopic (exact) mass is 510 g/mol. The Labute approximate surface area is 208 Å². The fourth-order valence-electron chi connectivity index (χ4n) is 4.12. The number of aliphatic hydroxyl groups is 1. The summed E-state index contributed by atoms with van der Waals surface area (Å²) in [6.45, 7) is 0.355. The summed E-state index contributed by atoms with van der Waals surface area (Å²) in [6.07, 6.45) is 1.75. The molecule has 0 bridgehead atoms. The van der Waals surface area contributed by atoms with Crippen molar-refractivity contribution in [2.75, 3.05) is 26.5 Å². The maximum absolute atomic E-state index is 14.9. The Morgan fingerprint density at radius 3 is 2.47 bits per heavy atom. The highest BCUT2D eigenvalue weighted by atomic mass is 32.2. The summed E-state index contributed by atoms with van der Waals surface area (Å²) in [5.74, 6) is 0.0484. The minimum Gasteiger partial charge on any atom is -0.473 e. The van der Waals surface area contributed by atoms with Crippen LogP contribution in [0.1, 0.15) is 6.42 Å². The number of ether oxygens (including phenoxy) is 2. The molecule has 1 aliphatic heterocycles. The number of halogens is 1. The van der Waals surface area contributed by atoms with Gasteiger partial charge in [-0.1, -0.05) is 36.4 Å². The molecule has 3 N–H and O–H groups in total. The SMILES string of the molecule is CNS(C)(=O)=Nc1ccc(-c2ccc(-c3nc4cc(O[C@@H]5CO[C@H](CO)C5)[nH]c4cc3F)cc2)cc1. The molecule has 0 spiro atoms. The van der Waals surface area contributed by atoms with E-state index in [-0.39, 0.29) is 24.5 Å². The zero-order valence-electron chi connectivity index (χ0n) is 19.9. The van der Waals surface area contributed by atoms with E-state index in [0.717, 1.165) is 11.1 Å². The van der Waals surface area contributed by atoms with Gasteiger partial charge in [-0.3, -0.25) is 0 Å². The van der Waals surface area contributed by atoms with Gasteiger partial charge < -0.3 is 19.6 Å². The van der Waals surface area contributed by atoms with Crippen LogP contribution in [0.25, 0.3) is 33.4 Å². The molecule has 2 aromatic heterocycles. The minimum absolute atomic E-state index is 0.0406. The molecule has 1 aliphatic rings. The molecule has 8 nitrogen and oxygen atoms in total. The summed E-state index contributed by atoms with van der Waals surface area (Å²) in [5.41, 5.74) is 4.58. The van der Waals surface area contributed by atoms with Crippen LogP contribution >= 0.6 is 0 Å². The third-order valence-electron chi connectivity index (χ3n) is 6.09. The number of aliphatic hydroxyl groups excluding tert-OH is 1. The van der Waals surface area contributed by atoms with Gasteiger partial charge in [-0.2, -0.15) is 4.36 Å². The van der Waals surface area contributed by atoms with Crippen LogP contribution in [0.15, 0.2) is 65.0 Å². The van der Waals surface area contributed by atoms with Crippen LogP contribution in [0, 0.1) is 5.82 Å². The molecule has 5 rings (SSSR count). The molecule has 1 fully saturated rings. The van der Waals surface area contributed by atoms with Crippen molar-refractivity contribution in [3.05, 3.63) is 66.5 Å². The van der Waals surface area contributed by atoms with E-state index in [4.69, 9.17) is 9.47 Å². The zero-order valence-corrected chi connectivity index (χ0v) is 20.7. The molecule has 36 heavy (non-hydrogen) atoms. The van der Waals surface area contributed by atoms with Crippen molar-refractivity contribution in [1.82, 2.24) is 14.7 Å². The fourth-order valence-corrected chi connectivity index (χ4v) is 4.73. The van der Waals surface area contributed by atoms with E-state index < -0.39 is 15.7 Å². The van der Waals surface area contributed by atoms with Crippen molar-refractivity contribution >= 4 is 26.6 Å². The first-order valence-corrected chi connectivity index (χ1v) is 13.5. The zero-order chi connectivity index (χ0) is 25.3. The fraction of sp³-hybridized carbons (Fsp3) is 0.269. The lowest BCUT2D eigenvalue weighted by atomic mass is 10.0. The number of benzene rings is 2. The average molecular weight is 511 g/mol. The Bertz CT molecular complexity index is 1500. The van der Waals surface area contributed by atoms with E-state index in [9.17, 15) is 13.7 Å². The molecular weight excluding hydrogens is 483 g/mol. The lowest BCUT2D eigenvalue weighted by Crippen LogP contribution is -2.17. The number of rotatable bonds is 7. The maximum Gasteiger partial charge on any atom is 0.193 e. The molecule has 4 aromatic rings. The molecule has 1 unspecified atom stereocenters. The van der Waals surface area contributed by atoms with Crippen LogP contribution in [0.4, 0.5) is 10.1 Å². The average Bonchev–Trinajstić information content (AvgIpc) is 3.50. The quantitative estimate of drug-likeness (QED) is 0.341. The largest absolute Gasteiger partial charge is 0.473 e. The van der Waals surface area contributed by atoms with Crippen LogP contribution in [0.2, 0.25) is 0 Å². The first kappa shape index (κ1) is 24.4. The lowest BCUT2D eigenvalue weighted by Gasteiger charge is -2.09. The van der Waals surface area contributed by atoms with Crippen molar-refractivity contribution in [1.29, 1.82) is 0 Å². The number of hydrogen-bond acceptors (Lipinski definition) is 6. The molecule has 3 heterocycles. The van der Waals surface area contributed by atoms with Crippen LogP contribution in [0.3, 0.4) is 0 Å².